The quantitative estimate of drug-likeness (QED) is 0.794. The standard InChI is InChI=1S/C20H24N2O2/c1-19(2,21-13-15-9-5-7-11-17(15)23)20(3,4)22-14-16-10-6-8-12-18(16)24/h5-14,23-24H,1-4H3/p-2. The lowest BCUT2D eigenvalue weighted by Gasteiger charge is -2.35. The summed E-state index contributed by atoms with van der Waals surface area (Å²) in [7, 11) is 0. The van der Waals surface area contributed by atoms with Gasteiger partial charge in [0.25, 0.3) is 0 Å². The highest BCUT2D eigenvalue weighted by Crippen LogP contribution is 2.29. The zero-order valence-corrected chi connectivity index (χ0v) is 14.5. The summed E-state index contributed by atoms with van der Waals surface area (Å²) in [6.07, 6.45) is 3.20. The van der Waals surface area contributed by atoms with E-state index >= 15 is 0 Å². The fourth-order valence-corrected chi connectivity index (χ4v) is 1.95. The summed E-state index contributed by atoms with van der Waals surface area (Å²) in [6.45, 7) is 7.82. The molecule has 0 fully saturated rings. The van der Waals surface area contributed by atoms with E-state index in [9.17, 15) is 10.2 Å². The Kier molecular flexibility index (Phi) is 5.07. The predicted octanol–water partition coefficient (Wildman–Crippen LogP) is 2.93. The number of aliphatic imine (C=N–C) groups is 2. The third kappa shape index (κ3) is 4.02. The van der Waals surface area contributed by atoms with E-state index in [0.717, 1.165) is 0 Å². The number of rotatable bonds is 5. The van der Waals surface area contributed by atoms with Gasteiger partial charge in [0.15, 0.2) is 0 Å². The van der Waals surface area contributed by atoms with E-state index < -0.39 is 11.1 Å². The van der Waals surface area contributed by atoms with Crippen LogP contribution < -0.4 is 10.2 Å². The molecule has 0 aromatic heterocycles. The third-order valence-electron chi connectivity index (χ3n) is 4.39. The minimum Gasteiger partial charge on any atom is -0.872 e. The summed E-state index contributed by atoms with van der Waals surface area (Å²) in [6, 6.07) is 13.6. The SMILES string of the molecule is CC(C)(N=Cc1ccccc1[O-])C(C)(C)N=Cc1ccccc1[O-]. The summed E-state index contributed by atoms with van der Waals surface area (Å²) in [5.41, 5.74) is -0.00162. The van der Waals surface area contributed by atoms with Crippen molar-refractivity contribution in [1.82, 2.24) is 0 Å². The van der Waals surface area contributed by atoms with E-state index in [1.807, 2.05) is 39.8 Å². The Bertz CT molecular complexity index is 696. The molecule has 0 atom stereocenters. The van der Waals surface area contributed by atoms with Crippen LogP contribution in [0.15, 0.2) is 58.5 Å². The highest BCUT2D eigenvalue weighted by atomic mass is 16.3. The van der Waals surface area contributed by atoms with Crippen molar-refractivity contribution in [3.63, 3.8) is 0 Å². The maximum absolute atomic E-state index is 11.8. The number of hydrogen-bond acceptors (Lipinski definition) is 4. The normalized spacial score (nSPS) is 13.0. The average molecular weight is 322 g/mol. The second-order valence-electron chi connectivity index (χ2n) is 6.71. The molecule has 2 rings (SSSR count). The van der Waals surface area contributed by atoms with Crippen LogP contribution in [0.1, 0.15) is 38.8 Å². The molecular weight excluding hydrogens is 300 g/mol. The van der Waals surface area contributed by atoms with Gasteiger partial charge in [-0.1, -0.05) is 48.5 Å². The summed E-state index contributed by atoms with van der Waals surface area (Å²) >= 11 is 0. The van der Waals surface area contributed by atoms with Gasteiger partial charge in [-0.25, -0.2) is 0 Å². The van der Waals surface area contributed by atoms with E-state index in [-0.39, 0.29) is 11.5 Å². The van der Waals surface area contributed by atoms with Gasteiger partial charge < -0.3 is 10.2 Å². The van der Waals surface area contributed by atoms with Gasteiger partial charge in [0.05, 0.1) is 11.1 Å². The predicted molar refractivity (Wildman–Crippen MR) is 95.1 cm³/mol. The number of benzene rings is 2. The minimum atomic E-state index is -0.552. The molecule has 0 saturated carbocycles. The molecule has 0 aliphatic carbocycles. The molecule has 0 spiro atoms. The maximum atomic E-state index is 11.8. The molecular formula is C20H22N2O2-2. The van der Waals surface area contributed by atoms with Crippen LogP contribution >= 0.6 is 0 Å². The van der Waals surface area contributed by atoms with Crippen molar-refractivity contribution in [3.8, 4) is 11.5 Å². The monoisotopic (exact) mass is 322 g/mol. The van der Waals surface area contributed by atoms with Crippen molar-refractivity contribution in [2.45, 2.75) is 38.8 Å². The molecule has 0 N–H and O–H groups in total. The van der Waals surface area contributed by atoms with Crippen LogP contribution in [0.3, 0.4) is 0 Å². The Balaban J connectivity index is 2.23. The first kappa shape index (κ1) is 17.7. The van der Waals surface area contributed by atoms with E-state index in [2.05, 4.69) is 9.98 Å². The van der Waals surface area contributed by atoms with Crippen molar-refractivity contribution in [2.75, 3.05) is 0 Å². The highest BCUT2D eigenvalue weighted by molar-refractivity contribution is 5.84. The average Bonchev–Trinajstić information content (AvgIpc) is 2.53. The Morgan fingerprint density at radius 1 is 0.667 bits per heavy atom. The third-order valence-corrected chi connectivity index (χ3v) is 4.39. The lowest BCUT2D eigenvalue weighted by molar-refractivity contribution is -0.269. The molecule has 2 aromatic carbocycles. The first-order valence-corrected chi connectivity index (χ1v) is 7.85. The van der Waals surface area contributed by atoms with Crippen LogP contribution in [-0.2, 0) is 0 Å². The fraction of sp³-hybridized carbons (Fsp3) is 0.300. The molecule has 24 heavy (non-hydrogen) atoms. The van der Waals surface area contributed by atoms with E-state index in [1.54, 1.807) is 36.7 Å². The number of hydrogen-bond donors (Lipinski definition) is 0. The second-order valence-corrected chi connectivity index (χ2v) is 6.71. The molecule has 0 bridgehead atoms. The summed E-state index contributed by atoms with van der Waals surface area (Å²) in [5, 5.41) is 23.6. The van der Waals surface area contributed by atoms with Crippen molar-refractivity contribution >= 4 is 12.4 Å². The van der Waals surface area contributed by atoms with Crippen molar-refractivity contribution < 1.29 is 10.2 Å². The van der Waals surface area contributed by atoms with Gasteiger partial charge >= 0.3 is 0 Å². The van der Waals surface area contributed by atoms with Gasteiger partial charge in [0.1, 0.15) is 0 Å². The second kappa shape index (κ2) is 6.87. The van der Waals surface area contributed by atoms with Gasteiger partial charge in [-0.2, -0.15) is 0 Å². The van der Waals surface area contributed by atoms with Crippen molar-refractivity contribution in [1.29, 1.82) is 0 Å². The van der Waals surface area contributed by atoms with Gasteiger partial charge in [-0.3, -0.25) is 9.98 Å². The molecule has 0 amide bonds. The molecule has 4 heteroatoms. The zero-order chi connectivity index (χ0) is 17.8. The molecule has 0 unspecified atom stereocenters. The fourth-order valence-electron chi connectivity index (χ4n) is 1.95. The summed E-state index contributed by atoms with van der Waals surface area (Å²) in [4.78, 5) is 9.15. The lowest BCUT2D eigenvalue weighted by Crippen LogP contribution is -2.42. The first-order chi connectivity index (χ1) is 11.2. The van der Waals surface area contributed by atoms with Crippen LogP contribution in [-0.4, -0.2) is 23.5 Å². The number of nitrogens with zero attached hydrogens (tertiary/aromatic N) is 2. The van der Waals surface area contributed by atoms with Gasteiger partial charge in [0.2, 0.25) is 0 Å². The van der Waals surface area contributed by atoms with Crippen molar-refractivity contribution in [3.05, 3.63) is 59.7 Å². The van der Waals surface area contributed by atoms with Crippen LogP contribution in [0.4, 0.5) is 0 Å². The largest absolute Gasteiger partial charge is 0.872 e. The Morgan fingerprint density at radius 2 is 1.00 bits per heavy atom. The van der Waals surface area contributed by atoms with Gasteiger partial charge in [-0.15, -0.1) is 11.5 Å². The lowest BCUT2D eigenvalue weighted by atomic mass is 9.83. The maximum Gasteiger partial charge on any atom is 0.0797 e. The van der Waals surface area contributed by atoms with E-state index in [0.29, 0.717) is 11.1 Å². The highest BCUT2D eigenvalue weighted by Gasteiger charge is 2.35. The smallest absolute Gasteiger partial charge is 0.0797 e. The molecule has 4 nitrogen and oxygen atoms in total. The summed E-state index contributed by atoms with van der Waals surface area (Å²) in [5.74, 6) is -0.114. The molecule has 0 saturated heterocycles. The topological polar surface area (TPSA) is 70.8 Å². The van der Waals surface area contributed by atoms with Crippen molar-refractivity contribution in [2.24, 2.45) is 9.98 Å². The zero-order valence-electron chi connectivity index (χ0n) is 14.5. The molecule has 0 heterocycles. The Labute approximate surface area is 143 Å². The van der Waals surface area contributed by atoms with Gasteiger partial charge in [0, 0.05) is 12.4 Å². The Hall–Kier alpha value is -2.62. The van der Waals surface area contributed by atoms with Crippen LogP contribution in [0.2, 0.25) is 0 Å². The first-order valence-electron chi connectivity index (χ1n) is 7.85. The van der Waals surface area contributed by atoms with E-state index in [1.165, 1.54) is 12.1 Å². The molecule has 2 aromatic rings. The van der Waals surface area contributed by atoms with E-state index in [4.69, 9.17) is 0 Å². The van der Waals surface area contributed by atoms with Crippen LogP contribution in [0, 0.1) is 0 Å². The number of para-hydroxylation sites is 2. The van der Waals surface area contributed by atoms with Gasteiger partial charge in [-0.05, 0) is 38.8 Å². The summed E-state index contributed by atoms with van der Waals surface area (Å²) < 4.78 is 0. The molecule has 0 aliphatic heterocycles. The molecule has 126 valence electrons. The minimum absolute atomic E-state index is 0.0568. The Morgan fingerprint density at radius 3 is 1.33 bits per heavy atom. The molecule has 0 aliphatic rings. The van der Waals surface area contributed by atoms with Crippen LogP contribution in [0.5, 0.6) is 11.5 Å². The molecule has 0 radical (unpaired) electrons. The van der Waals surface area contributed by atoms with Crippen LogP contribution in [0.25, 0.3) is 0 Å².